The molecule has 0 unspecified atom stereocenters. The van der Waals surface area contributed by atoms with Gasteiger partial charge < -0.3 is 4.74 Å². The highest BCUT2D eigenvalue weighted by Gasteiger charge is 2.16. The lowest BCUT2D eigenvalue weighted by Gasteiger charge is -2.12. The number of rotatable bonds is 2. The van der Waals surface area contributed by atoms with Gasteiger partial charge in [0.05, 0.1) is 14.8 Å². The Morgan fingerprint density at radius 2 is 1.71 bits per heavy atom. The molecule has 104 valence electrons. The monoisotopic (exact) mass is 389 g/mol. The van der Waals surface area contributed by atoms with Crippen molar-refractivity contribution >= 4 is 39.5 Å². The second-order valence-corrected chi connectivity index (χ2v) is 5.66. The molecule has 0 bridgehead atoms. The van der Waals surface area contributed by atoms with Gasteiger partial charge in [0.15, 0.2) is 5.75 Å². The zero-order valence-corrected chi connectivity index (χ0v) is 13.5. The summed E-state index contributed by atoms with van der Waals surface area (Å²) >= 11 is 2.19. The quantitative estimate of drug-likeness (QED) is 0.481. The molecule has 21 heavy (non-hydrogen) atoms. The fourth-order valence-corrected chi connectivity index (χ4v) is 3.02. The van der Waals surface area contributed by atoms with Crippen LogP contribution >= 0.6 is 22.6 Å². The zero-order valence-electron chi connectivity index (χ0n) is 11.3. The van der Waals surface area contributed by atoms with Crippen LogP contribution in [0.4, 0.5) is 0 Å². The van der Waals surface area contributed by atoms with Crippen molar-refractivity contribution in [3.8, 4) is 17.0 Å². The highest BCUT2D eigenvalue weighted by Crippen LogP contribution is 2.36. The minimum atomic E-state index is -0.330. The SMILES string of the molecule is CC(=O)Oc1c(I)c(-c2ccccc2)nc2ccccc12. The van der Waals surface area contributed by atoms with Gasteiger partial charge in [-0.3, -0.25) is 4.79 Å². The molecule has 0 aliphatic heterocycles. The van der Waals surface area contributed by atoms with Crippen LogP contribution in [0.25, 0.3) is 22.2 Å². The van der Waals surface area contributed by atoms with Gasteiger partial charge in [-0.15, -0.1) is 0 Å². The Morgan fingerprint density at radius 3 is 2.43 bits per heavy atom. The largest absolute Gasteiger partial charge is 0.425 e. The minimum absolute atomic E-state index is 0.330. The van der Waals surface area contributed by atoms with Crippen LogP contribution in [-0.2, 0) is 4.79 Å². The standard InChI is InChI=1S/C17H12INO2/c1-11(20)21-17-13-9-5-6-10-14(13)19-16(15(17)18)12-7-3-2-4-8-12/h2-10H,1H3. The van der Waals surface area contributed by atoms with Gasteiger partial charge in [-0.05, 0) is 34.7 Å². The van der Waals surface area contributed by atoms with Crippen molar-refractivity contribution in [3.05, 3.63) is 58.2 Å². The van der Waals surface area contributed by atoms with Gasteiger partial charge in [-0.25, -0.2) is 4.98 Å². The molecule has 0 fully saturated rings. The number of hydrogen-bond donors (Lipinski definition) is 0. The molecule has 0 atom stereocenters. The second-order valence-electron chi connectivity index (χ2n) is 4.58. The van der Waals surface area contributed by atoms with Crippen molar-refractivity contribution in [2.75, 3.05) is 0 Å². The molecule has 3 nitrogen and oxygen atoms in total. The van der Waals surface area contributed by atoms with Crippen LogP contribution in [-0.4, -0.2) is 11.0 Å². The van der Waals surface area contributed by atoms with E-state index < -0.39 is 0 Å². The average Bonchev–Trinajstić information content (AvgIpc) is 2.50. The molecule has 0 saturated heterocycles. The summed E-state index contributed by atoms with van der Waals surface area (Å²) in [5.74, 6) is 0.246. The topological polar surface area (TPSA) is 39.2 Å². The van der Waals surface area contributed by atoms with Gasteiger partial charge in [0.2, 0.25) is 0 Å². The summed E-state index contributed by atoms with van der Waals surface area (Å²) in [6.07, 6.45) is 0. The van der Waals surface area contributed by atoms with Gasteiger partial charge in [0.1, 0.15) is 0 Å². The molecule has 0 radical (unpaired) electrons. The van der Waals surface area contributed by atoms with Crippen LogP contribution in [0.3, 0.4) is 0 Å². The van der Waals surface area contributed by atoms with E-state index in [4.69, 9.17) is 9.72 Å². The van der Waals surface area contributed by atoms with Gasteiger partial charge in [-0.2, -0.15) is 0 Å². The summed E-state index contributed by atoms with van der Waals surface area (Å²) in [5.41, 5.74) is 2.64. The first-order valence-corrected chi connectivity index (χ1v) is 7.57. The number of hydrogen-bond acceptors (Lipinski definition) is 3. The Kier molecular flexibility index (Phi) is 3.88. The van der Waals surface area contributed by atoms with E-state index in [1.807, 2.05) is 54.6 Å². The normalized spacial score (nSPS) is 10.6. The predicted molar refractivity (Wildman–Crippen MR) is 91.2 cm³/mol. The number of pyridine rings is 1. The lowest BCUT2D eigenvalue weighted by atomic mass is 10.1. The fraction of sp³-hybridized carbons (Fsp3) is 0.0588. The second kappa shape index (κ2) is 5.81. The maximum atomic E-state index is 11.4. The van der Waals surface area contributed by atoms with E-state index >= 15 is 0 Å². The number of carbonyl (C=O) groups excluding carboxylic acids is 1. The van der Waals surface area contributed by atoms with E-state index in [1.54, 1.807) is 0 Å². The van der Waals surface area contributed by atoms with Gasteiger partial charge in [-0.1, -0.05) is 42.5 Å². The Balaban J connectivity index is 2.32. The average molecular weight is 389 g/mol. The fourth-order valence-electron chi connectivity index (χ4n) is 2.19. The molecule has 0 amide bonds. The van der Waals surface area contributed by atoms with Crippen LogP contribution in [0.15, 0.2) is 54.6 Å². The number of esters is 1. The Morgan fingerprint density at radius 1 is 1.05 bits per heavy atom. The maximum absolute atomic E-state index is 11.4. The first kappa shape index (κ1) is 14.0. The molecule has 0 spiro atoms. The molecule has 0 N–H and O–H groups in total. The Hall–Kier alpha value is -1.95. The third-order valence-electron chi connectivity index (χ3n) is 3.08. The van der Waals surface area contributed by atoms with Crippen molar-refractivity contribution in [2.45, 2.75) is 6.92 Å². The highest BCUT2D eigenvalue weighted by molar-refractivity contribution is 14.1. The molecule has 3 rings (SSSR count). The first-order valence-electron chi connectivity index (χ1n) is 6.49. The van der Waals surface area contributed by atoms with Gasteiger partial charge >= 0.3 is 5.97 Å². The number of nitrogens with zero attached hydrogens (tertiary/aromatic N) is 1. The van der Waals surface area contributed by atoms with Crippen molar-refractivity contribution in [3.63, 3.8) is 0 Å². The summed E-state index contributed by atoms with van der Waals surface area (Å²) in [6, 6.07) is 17.6. The van der Waals surface area contributed by atoms with E-state index in [0.717, 1.165) is 25.7 Å². The number of fused-ring (bicyclic) bond motifs is 1. The zero-order chi connectivity index (χ0) is 14.8. The molecule has 1 heterocycles. The maximum Gasteiger partial charge on any atom is 0.308 e. The van der Waals surface area contributed by atoms with E-state index in [-0.39, 0.29) is 5.97 Å². The van der Waals surface area contributed by atoms with E-state index in [1.165, 1.54) is 6.92 Å². The molecular formula is C17H12INO2. The highest BCUT2D eigenvalue weighted by atomic mass is 127. The van der Waals surface area contributed by atoms with Crippen LogP contribution < -0.4 is 4.74 Å². The summed E-state index contributed by atoms with van der Waals surface area (Å²) in [4.78, 5) is 16.1. The van der Waals surface area contributed by atoms with E-state index in [9.17, 15) is 4.79 Å². The molecular weight excluding hydrogens is 377 g/mol. The summed E-state index contributed by atoms with van der Waals surface area (Å²) in [7, 11) is 0. The first-order chi connectivity index (χ1) is 10.2. The van der Waals surface area contributed by atoms with Crippen LogP contribution in [0.1, 0.15) is 6.92 Å². The number of ether oxygens (including phenoxy) is 1. The number of halogens is 1. The third kappa shape index (κ3) is 2.76. The molecule has 2 aromatic carbocycles. The number of aromatic nitrogens is 1. The molecule has 0 aliphatic carbocycles. The smallest absolute Gasteiger partial charge is 0.308 e. The van der Waals surface area contributed by atoms with Crippen LogP contribution in [0.2, 0.25) is 0 Å². The number of para-hydroxylation sites is 1. The summed E-state index contributed by atoms with van der Waals surface area (Å²) in [5, 5.41) is 0.844. The minimum Gasteiger partial charge on any atom is -0.425 e. The predicted octanol–water partition coefficient (Wildman–Crippen LogP) is 4.43. The Labute approximate surface area is 136 Å². The van der Waals surface area contributed by atoms with Crippen LogP contribution in [0.5, 0.6) is 5.75 Å². The molecule has 3 aromatic rings. The number of carbonyl (C=O) groups is 1. The Bertz CT molecular complexity index is 816. The van der Waals surface area contributed by atoms with Crippen molar-refractivity contribution in [1.29, 1.82) is 0 Å². The molecule has 0 saturated carbocycles. The number of benzene rings is 2. The molecule has 1 aromatic heterocycles. The summed E-state index contributed by atoms with van der Waals surface area (Å²) in [6.45, 7) is 1.41. The lowest BCUT2D eigenvalue weighted by Crippen LogP contribution is -2.05. The van der Waals surface area contributed by atoms with Gasteiger partial charge in [0.25, 0.3) is 0 Å². The molecule has 4 heteroatoms. The summed E-state index contributed by atoms with van der Waals surface area (Å²) < 4.78 is 6.27. The van der Waals surface area contributed by atoms with E-state index in [0.29, 0.717) is 5.75 Å². The van der Waals surface area contributed by atoms with Crippen molar-refractivity contribution in [2.24, 2.45) is 0 Å². The van der Waals surface area contributed by atoms with Crippen molar-refractivity contribution in [1.82, 2.24) is 4.98 Å². The molecule has 0 aliphatic rings. The van der Waals surface area contributed by atoms with Crippen LogP contribution in [0, 0.1) is 3.57 Å². The van der Waals surface area contributed by atoms with Crippen molar-refractivity contribution < 1.29 is 9.53 Å². The third-order valence-corrected chi connectivity index (χ3v) is 4.08. The van der Waals surface area contributed by atoms with E-state index in [2.05, 4.69) is 22.6 Å². The van der Waals surface area contributed by atoms with Gasteiger partial charge in [0, 0.05) is 17.9 Å². The lowest BCUT2D eigenvalue weighted by molar-refractivity contribution is -0.131.